The third-order valence-electron chi connectivity index (χ3n) is 1.42. The quantitative estimate of drug-likeness (QED) is 0.554. The summed E-state index contributed by atoms with van der Waals surface area (Å²) in [5.74, 6) is 0. The van der Waals surface area contributed by atoms with Gasteiger partial charge in [-0.1, -0.05) is 13.8 Å². The van der Waals surface area contributed by atoms with E-state index in [4.69, 9.17) is 0 Å². The van der Waals surface area contributed by atoms with Crippen molar-refractivity contribution >= 4 is 0 Å². The Balaban J connectivity index is 0.000000371. The van der Waals surface area contributed by atoms with E-state index in [0.29, 0.717) is 6.04 Å². The van der Waals surface area contributed by atoms with Gasteiger partial charge in [-0.15, -0.1) is 0 Å². The van der Waals surface area contributed by atoms with Crippen molar-refractivity contribution in [1.82, 2.24) is 10.4 Å². The standard InChI is InChI=1S/C6H12N2.C2H6/c1-5-4-6(2)8(3)7-5;1-2/h4-5,7H,1-3H3;1-2H3. The molecule has 0 spiro atoms. The Kier molecular flexibility index (Phi) is 4.12. The zero-order chi connectivity index (χ0) is 8.15. The highest BCUT2D eigenvalue weighted by atomic mass is 15.5. The molecule has 1 unspecified atom stereocenters. The molecule has 0 bridgehead atoms. The van der Waals surface area contributed by atoms with Gasteiger partial charge in [0.2, 0.25) is 0 Å². The van der Waals surface area contributed by atoms with Crippen LogP contribution in [0.25, 0.3) is 0 Å². The maximum Gasteiger partial charge on any atom is 0.0434 e. The van der Waals surface area contributed by atoms with Crippen molar-refractivity contribution in [2.75, 3.05) is 7.05 Å². The molecule has 2 heteroatoms. The molecule has 1 atom stereocenters. The molecule has 10 heavy (non-hydrogen) atoms. The lowest BCUT2D eigenvalue weighted by Crippen LogP contribution is -2.31. The predicted molar refractivity (Wildman–Crippen MR) is 45.5 cm³/mol. The van der Waals surface area contributed by atoms with Gasteiger partial charge in [0.05, 0.1) is 0 Å². The van der Waals surface area contributed by atoms with Crippen LogP contribution < -0.4 is 5.43 Å². The first-order valence-electron chi connectivity index (χ1n) is 3.88. The van der Waals surface area contributed by atoms with Crippen LogP contribution in [0, 0.1) is 0 Å². The topological polar surface area (TPSA) is 15.3 Å². The van der Waals surface area contributed by atoms with Crippen molar-refractivity contribution in [2.24, 2.45) is 0 Å². The molecular formula is C8H18N2. The number of nitrogens with one attached hydrogen (secondary N) is 1. The van der Waals surface area contributed by atoms with Crippen LogP contribution in [0.3, 0.4) is 0 Å². The number of hydrazine groups is 1. The molecule has 0 aromatic heterocycles. The molecule has 0 amide bonds. The highest BCUT2D eigenvalue weighted by molar-refractivity contribution is 5.06. The summed E-state index contributed by atoms with van der Waals surface area (Å²) in [5.41, 5.74) is 4.51. The van der Waals surface area contributed by atoms with Crippen LogP contribution in [0.5, 0.6) is 0 Å². The summed E-state index contributed by atoms with van der Waals surface area (Å²) in [7, 11) is 2.02. The van der Waals surface area contributed by atoms with E-state index in [1.54, 1.807) is 0 Å². The second kappa shape index (κ2) is 4.34. The van der Waals surface area contributed by atoms with Gasteiger partial charge >= 0.3 is 0 Å². The summed E-state index contributed by atoms with van der Waals surface area (Å²) in [6, 6.07) is 0.514. The van der Waals surface area contributed by atoms with Crippen LogP contribution >= 0.6 is 0 Å². The predicted octanol–water partition coefficient (Wildman–Crippen LogP) is 1.75. The highest BCUT2D eigenvalue weighted by Crippen LogP contribution is 2.06. The van der Waals surface area contributed by atoms with E-state index in [9.17, 15) is 0 Å². The molecule has 0 saturated carbocycles. The Bertz CT molecular complexity index is 118. The summed E-state index contributed by atoms with van der Waals surface area (Å²) in [6.07, 6.45) is 2.19. The average molecular weight is 142 g/mol. The van der Waals surface area contributed by atoms with Crippen molar-refractivity contribution in [3.8, 4) is 0 Å². The third kappa shape index (κ3) is 2.40. The van der Waals surface area contributed by atoms with Crippen LogP contribution in [0.15, 0.2) is 11.8 Å². The van der Waals surface area contributed by atoms with Gasteiger partial charge in [-0.3, -0.25) is 0 Å². The van der Waals surface area contributed by atoms with Crippen molar-refractivity contribution < 1.29 is 0 Å². The molecule has 1 heterocycles. The van der Waals surface area contributed by atoms with Crippen molar-refractivity contribution in [3.05, 3.63) is 11.8 Å². The fourth-order valence-electron chi connectivity index (χ4n) is 0.918. The number of allylic oxidation sites excluding steroid dienone is 1. The van der Waals surface area contributed by atoms with Crippen molar-refractivity contribution in [2.45, 2.75) is 33.7 Å². The van der Waals surface area contributed by atoms with Gasteiger partial charge in [-0.05, 0) is 19.9 Å². The summed E-state index contributed by atoms with van der Waals surface area (Å²) in [6.45, 7) is 8.23. The molecule has 0 saturated heterocycles. The van der Waals surface area contributed by atoms with Crippen molar-refractivity contribution in [1.29, 1.82) is 0 Å². The van der Waals surface area contributed by atoms with Gasteiger partial charge in [0.25, 0.3) is 0 Å². The molecule has 0 fully saturated rings. The van der Waals surface area contributed by atoms with Crippen LogP contribution in [-0.4, -0.2) is 18.1 Å². The number of hydrogen-bond acceptors (Lipinski definition) is 2. The van der Waals surface area contributed by atoms with Crippen LogP contribution in [-0.2, 0) is 0 Å². The van der Waals surface area contributed by atoms with E-state index in [-0.39, 0.29) is 0 Å². The fraction of sp³-hybridized carbons (Fsp3) is 0.750. The van der Waals surface area contributed by atoms with Gasteiger partial charge in [-0.25, -0.2) is 5.43 Å². The second-order valence-corrected chi connectivity index (χ2v) is 2.28. The first kappa shape index (κ1) is 9.50. The largest absolute Gasteiger partial charge is 0.316 e. The van der Waals surface area contributed by atoms with Crippen LogP contribution in [0.4, 0.5) is 0 Å². The van der Waals surface area contributed by atoms with Gasteiger partial charge in [0.15, 0.2) is 0 Å². The molecule has 1 rings (SSSR count). The smallest absolute Gasteiger partial charge is 0.0434 e. The molecular weight excluding hydrogens is 124 g/mol. The minimum Gasteiger partial charge on any atom is -0.316 e. The van der Waals surface area contributed by atoms with E-state index >= 15 is 0 Å². The zero-order valence-corrected chi connectivity index (χ0v) is 7.60. The van der Waals surface area contributed by atoms with E-state index in [1.807, 2.05) is 25.9 Å². The molecule has 0 aromatic carbocycles. The number of hydrogen-bond donors (Lipinski definition) is 1. The zero-order valence-electron chi connectivity index (χ0n) is 7.60. The molecule has 2 nitrogen and oxygen atoms in total. The Morgan fingerprint density at radius 1 is 1.50 bits per heavy atom. The first-order chi connectivity index (χ1) is 4.70. The molecule has 0 aliphatic carbocycles. The Hall–Kier alpha value is -0.500. The van der Waals surface area contributed by atoms with Gasteiger partial charge in [0, 0.05) is 18.8 Å². The lowest BCUT2D eigenvalue weighted by Gasteiger charge is -2.13. The highest BCUT2D eigenvalue weighted by Gasteiger charge is 2.10. The second-order valence-electron chi connectivity index (χ2n) is 2.28. The molecule has 1 aliphatic heterocycles. The monoisotopic (exact) mass is 142 g/mol. The van der Waals surface area contributed by atoms with Gasteiger partial charge < -0.3 is 5.01 Å². The fourth-order valence-corrected chi connectivity index (χ4v) is 0.918. The minimum absolute atomic E-state index is 0.514. The van der Waals surface area contributed by atoms with Crippen LogP contribution in [0.1, 0.15) is 27.7 Å². The maximum atomic E-state index is 3.21. The Labute approximate surface area is 63.9 Å². The Morgan fingerprint density at radius 2 is 2.00 bits per heavy atom. The van der Waals surface area contributed by atoms with E-state index in [0.717, 1.165) is 0 Å². The average Bonchev–Trinajstić information content (AvgIpc) is 2.16. The minimum atomic E-state index is 0.514. The van der Waals surface area contributed by atoms with E-state index in [1.165, 1.54) is 5.70 Å². The maximum absolute atomic E-state index is 3.21. The Morgan fingerprint density at radius 3 is 2.10 bits per heavy atom. The van der Waals surface area contributed by atoms with E-state index in [2.05, 4.69) is 25.3 Å². The van der Waals surface area contributed by atoms with Gasteiger partial charge in [0.1, 0.15) is 0 Å². The number of rotatable bonds is 0. The summed E-state index contributed by atoms with van der Waals surface area (Å²) in [5, 5.41) is 2.03. The first-order valence-corrected chi connectivity index (χ1v) is 3.88. The molecule has 1 N–H and O–H groups in total. The van der Waals surface area contributed by atoms with Crippen LogP contribution in [0.2, 0.25) is 0 Å². The molecule has 0 aromatic rings. The lowest BCUT2D eigenvalue weighted by atomic mass is 10.3. The molecule has 60 valence electrons. The normalized spacial score (nSPS) is 23.5. The summed E-state index contributed by atoms with van der Waals surface area (Å²) in [4.78, 5) is 0. The van der Waals surface area contributed by atoms with Gasteiger partial charge in [-0.2, -0.15) is 0 Å². The summed E-state index contributed by atoms with van der Waals surface area (Å²) >= 11 is 0. The van der Waals surface area contributed by atoms with Crippen molar-refractivity contribution in [3.63, 3.8) is 0 Å². The summed E-state index contributed by atoms with van der Waals surface area (Å²) < 4.78 is 0. The SMILES string of the molecule is CC.CC1=CC(C)NN1C. The molecule has 0 radical (unpaired) electrons. The third-order valence-corrected chi connectivity index (χ3v) is 1.42. The lowest BCUT2D eigenvalue weighted by molar-refractivity contribution is 0.316. The van der Waals surface area contributed by atoms with E-state index < -0.39 is 0 Å². The number of nitrogens with zero attached hydrogens (tertiary/aromatic N) is 1. The molecule has 1 aliphatic rings.